The quantitative estimate of drug-likeness (QED) is 0.873. The van der Waals surface area contributed by atoms with Gasteiger partial charge >= 0.3 is 0 Å². The fourth-order valence-electron chi connectivity index (χ4n) is 1.61. The minimum Gasteiger partial charge on any atom is -0.490 e. The van der Waals surface area contributed by atoms with Crippen molar-refractivity contribution in [1.29, 1.82) is 0 Å². The average Bonchev–Trinajstić information content (AvgIpc) is 2.46. The fraction of sp³-hybridized carbons (Fsp3) is 0.286. The number of benzene rings is 1. The van der Waals surface area contributed by atoms with Crippen LogP contribution in [0.4, 0.5) is 5.69 Å². The van der Waals surface area contributed by atoms with Crippen molar-refractivity contribution in [3.05, 3.63) is 30.6 Å². The van der Waals surface area contributed by atoms with Gasteiger partial charge < -0.3 is 19.9 Å². The van der Waals surface area contributed by atoms with Crippen molar-refractivity contribution in [2.75, 3.05) is 18.9 Å². The van der Waals surface area contributed by atoms with Crippen LogP contribution in [0.2, 0.25) is 0 Å². The molecule has 2 N–H and O–H groups in total. The molecule has 0 saturated heterocycles. The van der Waals surface area contributed by atoms with Crippen molar-refractivity contribution in [3.63, 3.8) is 0 Å². The zero-order valence-corrected chi connectivity index (χ0v) is 11.5. The van der Waals surface area contributed by atoms with E-state index in [0.717, 1.165) is 0 Å². The highest BCUT2D eigenvalue weighted by Crippen LogP contribution is 2.35. The second kappa shape index (κ2) is 6.60. The van der Waals surface area contributed by atoms with Gasteiger partial charge in [0.25, 0.3) is 0 Å². The van der Waals surface area contributed by atoms with E-state index in [9.17, 15) is 0 Å². The van der Waals surface area contributed by atoms with Gasteiger partial charge in [0.2, 0.25) is 11.8 Å². The molecule has 1 aromatic carbocycles. The Kier molecular flexibility index (Phi) is 4.60. The summed E-state index contributed by atoms with van der Waals surface area (Å²) in [5, 5.41) is 0. The highest BCUT2D eigenvalue weighted by Gasteiger charge is 2.13. The molecule has 2 rings (SSSR count). The minimum atomic E-state index is 0.246. The Bertz CT molecular complexity index is 575. The standard InChI is InChI=1S/C14H17N3O3/c1-3-18-10-7-5-6-8-11(10)20-14-12(15)13(19-4-2)16-9-17-14/h5-9H,3-4,15H2,1-2H3. The zero-order chi connectivity index (χ0) is 14.4. The van der Waals surface area contributed by atoms with Crippen LogP contribution in [0.25, 0.3) is 0 Å². The summed E-state index contributed by atoms with van der Waals surface area (Å²) in [6.07, 6.45) is 1.35. The lowest BCUT2D eigenvalue weighted by Gasteiger charge is -2.12. The maximum atomic E-state index is 5.93. The summed E-state index contributed by atoms with van der Waals surface area (Å²) in [6, 6.07) is 7.32. The fourth-order valence-corrected chi connectivity index (χ4v) is 1.61. The number of para-hydroxylation sites is 2. The number of nitrogens with two attached hydrogens (primary N) is 1. The Morgan fingerprint density at radius 3 is 2.30 bits per heavy atom. The Balaban J connectivity index is 2.28. The number of anilines is 1. The van der Waals surface area contributed by atoms with Gasteiger partial charge in [0, 0.05) is 0 Å². The summed E-state index contributed by atoms with van der Waals surface area (Å²) in [5.74, 6) is 1.73. The average molecular weight is 275 g/mol. The number of hydrogen-bond donors (Lipinski definition) is 1. The first-order valence-electron chi connectivity index (χ1n) is 6.39. The monoisotopic (exact) mass is 275 g/mol. The summed E-state index contributed by atoms with van der Waals surface area (Å²) in [4.78, 5) is 7.98. The smallest absolute Gasteiger partial charge is 0.250 e. The van der Waals surface area contributed by atoms with Gasteiger partial charge in [-0.2, -0.15) is 9.97 Å². The number of ether oxygens (including phenoxy) is 3. The molecule has 106 valence electrons. The molecule has 2 aromatic rings. The van der Waals surface area contributed by atoms with Crippen LogP contribution in [0.1, 0.15) is 13.8 Å². The van der Waals surface area contributed by atoms with Gasteiger partial charge in [-0.3, -0.25) is 0 Å². The predicted molar refractivity (Wildman–Crippen MR) is 75.3 cm³/mol. The van der Waals surface area contributed by atoms with Gasteiger partial charge in [-0.05, 0) is 26.0 Å². The molecule has 20 heavy (non-hydrogen) atoms. The van der Waals surface area contributed by atoms with E-state index in [1.165, 1.54) is 6.33 Å². The molecule has 0 fully saturated rings. The Labute approximate surface area is 117 Å². The van der Waals surface area contributed by atoms with Crippen LogP contribution in [0.3, 0.4) is 0 Å². The molecule has 1 heterocycles. The van der Waals surface area contributed by atoms with Crippen LogP contribution in [-0.4, -0.2) is 23.2 Å². The van der Waals surface area contributed by atoms with Gasteiger partial charge in [-0.1, -0.05) is 12.1 Å². The molecular formula is C14H17N3O3. The van der Waals surface area contributed by atoms with Gasteiger partial charge in [-0.15, -0.1) is 0 Å². The van der Waals surface area contributed by atoms with Crippen LogP contribution in [-0.2, 0) is 0 Å². The minimum absolute atomic E-state index is 0.246. The molecule has 0 radical (unpaired) electrons. The predicted octanol–water partition coefficient (Wildman–Crippen LogP) is 2.65. The first-order chi connectivity index (χ1) is 9.76. The van der Waals surface area contributed by atoms with Crippen LogP contribution in [0, 0.1) is 0 Å². The summed E-state index contributed by atoms with van der Waals surface area (Å²) < 4.78 is 16.5. The molecule has 0 unspecified atom stereocenters. The van der Waals surface area contributed by atoms with Gasteiger partial charge in [0.15, 0.2) is 17.2 Å². The molecular weight excluding hydrogens is 258 g/mol. The van der Waals surface area contributed by atoms with Crippen molar-refractivity contribution < 1.29 is 14.2 Å². The van der Waals surface area contributed by atoms with E-state index in [2.05, 4.69) is 9.97 Å². The van der Waals surface area contributed by atoms with E-state index in [0.29, 0.717) is 30.6 Å². The number of nitrogens with zero attached hydrogens (tertiary/aromatic N) is 2. The van der Waals surface area contributed by atoms with Crippen molar-refractivity contribution in [2.45, 2.75) is 13.8 Å². The van der Waals surface area contributed by atoms with E-state index >= 15 is 0 Å². The number of hydrogen-bond acceptors (Lipinski definition) is 6. The molecule has 0 aliphatic rings. The third-order valence-electron chi connectivity index (χ3n) is 2.45. The molecule has 1 aromatic heterocycles. The third-order valence-corrected chi connectivity index (χ3v) is 2.45. The maximum absolute atomic E-state index is 5.93. The molecule has 0 spiro atoms. The molecule has 0 atom stereocenters. The molecule has 0 aliphatic heterocycles. The second-order valence-electron chi connectivity index (χ2n) is 3.81. The van der Waals surface area contributed by atoms with Gasteiger partial charge in [0.05, 0.1) is 13.2 Å². The van der Waals surface area contributed by atoms with E-state index in [1.807, 2.05) is 32.0 Å². The van der Waals surface area contributed by atoms with E-state index in [4.69, 9.17) is 19.9 Å². The molecule has 0 bridgehead atoms. The van der Waals surface area contributed by atoms with E-state index in [-0.39, 0.29) is 11.6 Å². The third kappa shape index (κ3) is 3.09. The maximum Gasteiger partial charge on any atom is 0.250 e. The van der Waals surface area contributed by atoms with Crippen molar-refractivity contribution in [2.24, 2.45) is 0 Å². The zero-order valence-electron chi connectivity index (χ0n) is 11.5. The van der Waals surface area contributed by atoms with Crippen LogP contribution < -0.4 is 19.9 Å². The summed E-state index contributed by atoms with van der Waals surface area (Å²) in [5.41, 5.74) is 6.19. The highest BCUT2D eigenvalue weighted by molar-refractivity contribution is 5.57. The Morgan fingerprint density at radius 1 is 0.950 bits per heavy atom. The number of rotatable bonds is 6. The van der Waals surface area contributed by atoms with Crippen molar-refractivity contribution in [1.82, 2.24) is 9.97 Å². The van der Waals surface area contributed by atoms with Crippen LogP contribution in [0.15, 0.2) is 30.6 Å². The summed E-state index contributed by atoms with van der Waals surface area (Å²) in [6.45, 7) is 4.77. The molecule has 0 amide bonds. The Morgan fingerprint density at radius 2 is 1.60 bits per heavy atom. The van der Waals surface area contributed by atoms with Gasteiger partial charge in [-0.25, -0.2) is 0 Å². The second-order valence-corrected chi connectivity index (χ2v) is 3.81. The van der Waals surface area contributed by atoms with E-state index in [1.54, 1.807) is 6.07 Å². The highest BCUT2D eigenvalue weighted by atomic mass is 16.5. The molecule has 6 nitrogen and oxygen atoms in total. The van der Waals surface area contributed by atoms with Crippen molar-refractivity contribution >= 4 is 5.69 Å². The number of nitrogen functional groups attached to an aromatic ring is 1. The summed E-state index contributed by atoms with van der Waals surface area (Å²) >= 11 is 0. The van der Waals surface area contributed by atoms with Crippen molar-refractivity contribution in [3.8, 4) is 23.3 Å². The number of aromatic nitrogens is 2. The first kappa shape index (κ1) is 13.9. The van der Waals surface area contributed by atoms with E-state index < -0.39 is 0 Å². The molecule has 0 aliphatic carbocycles. The lowest BCUT2D eigenvalue weighted by Crippen LogP contribution is -2.03. The van der Waals surface area contributed by atoms with Gasteiger partial charge in [0.1, 0.15) is 6.33 Å². The molecule has 6 heteroatoms. The lowest BCUT2D eigenvalue weighted by molar-refractivity contribution is 0.314. The summed E-state index contributed by atoms with van der Waals surface area (Å²) in [7, 11) is 0. The van der Waals surface area contributed by atoms with Crippen LogP contribution >= 0.6 is 0 Å². The first-order valence-corrected chi connectivity index (χ1v) is 6.39. The Hall–Kier alpha value is -2.50. The molecule has 0 saturated carbocycles. The largest absolute Gasteiger partial charge is 0.490 e. The van der Waals surface area contributed by atoms with Crippen LogP contribution in [0.5, 0.6) is 23.3 Å². The lowest BCUT2D eigenvalue weighted by atomic mass is 10.3. The SMILES string of the molecule is CCOc1ccccc1Oc1ncnc(OCC)c1N. The normalized spacial score (nSPS) is 10.1. The topological polar surface area (TPSA) is 79.5 Å².